The van der Waals surface area contributed by atoms with Gasteiger partial charge in [0, 0.05) is 6.42 Å². The van der Waals surface area contributed by atoms with Gasteiger partial charge in [-0.2, -0.15) is 4.98 Å². The highest BCUT2D eigenvalue weighted by atomic mass is 31.2. The number of alkyl halides is 1. The lowest BCUT2D eigenvalue weighted by atomic mass is 10.2. The molecule has 0 aliphatic carbocycles. The van der Waals surface area contributed by atoms with Crippen molar-refractivity contribution in [2.45, 2.75) is 31.1 Å². The molecule has 2 aromatic heterocycles. The minimum Gasteiger partial charge on any atom is -0.369 e. The van der Waals surface area contributed by atoms with Gasteiger partial charge in [-0.25, -0.2) is 19.9 Å². The third-order valence-electron chi connectivity index (χ3n) is 3.55. The Kier molecular flexibility index (Phi) is 3.94. The van der Waals surface area contributed by atoms with E-state index in [4.69, 9.17) is 16.4 Å². The van der Waals surface area contributed by atoms with Crippen molar-refractivity contribution in [3.8, 4) is 0 Å². The van der Waals surface area contributed by atoms with Crippen molar-refractivity contribution in [3.63, 3.8) is 0 Å². The first-order chi connectivity index (χ1) is 10.8. The lowest BCUT2D eigenvalue weighted by Gasteiger charge is -2.17. The van der Waals surface area contributed by atoms with Crippen LogP contribution in [0.25, 0.3) is 11.2 Å². The highest BCUT2D eigenvalue weighted by molar-refractivity contribution is 7.53. The van der Waals surface area contributed by atoms with E-state index in [1.807, 2.05) is 0 Å². The molecule has 1 fully saturated rings. The highest BCUT2D eigenvalue weighted by Crippen LogP contribution is 2.52. The van der Waals surface area contributed by atoms with Crippen LogP contribution in [0.3, 0.4) is 0 Å². The quantitative estimate of drug-likeness (QED) is 0.409. The largest absolute Gasteiger partial charge is 0.372 e. The Bertz CT molecular complexity index is 839. The minimum atomic E-state index is -4.25. The molecule has 1 saturated heterocycles. The summed E-state index contributed by atoms with van der Waals surface area (Å²) in [5.74, 6) is 3.26. The van der Waals surface area contributed by atoms with E-state index in [0.29, 0.717) is 0 Å². The highest BCUT2D eigenvalue weighted by Gasteiger charge is 2.46. The topological polar surface area (TPSA) is 171 Å². The van der Waals surface area contributed by atoms with Gasteiger partial charge < -0.3 is 19.9 Å². The van der Waals surface area contributed by atoms with Crippen LogP contribution in [0, 0.1) is 0 Å². The van der Waals surface area contributed by atoms with E-state index in [-0.39, 0.29) is 30.1 Å². The van der Waals surface area contributed by atoms with Gasteiger partial charge in [-0.05, 0) is 0 Å². The number of aromatic amines is 1. The van der Waals surface area contributed by atoms with Crippen LogP contribution in [-0.2, 0) is 20.5 Å². The molecule has 13 heteroatoms. The summed E-state index contributed by atoms with van der Waals surface area (Å²) in [5.41, 5.74) is 5.15. The number of imidazole rings is 1. The molecule has 2 aromatic rings. The van der Waals surface area contributed by atoms with Gasteiger partial charge in [0.2, 0.25) is 5.95 Å². The predicted octanol–water partition coefficient (Wildman–Crippen LogP) is -0.769. The maximum Gasteiger partial charge on any atom is 0.372 e. The summed E-state index contributed by atoms with van der Waals surface area (Å²) >= 11 is 0. The fraction of sp³-hybridized carbons (Fsp3) is 0.500. The molecular formula is C10H14FN6O5P. The van der Waals surface area contributed by atoms with Crippen molar-refractivity contribution in [2.75, 3.05) is 5.73 Å². The fourth-order valence-electron chi connectivity index (χ4n) is 2.42. The van der Waals surface area contributed by atoms with Gasteiger partial charge in [-0.15, -0.1) is 0 Å². The average molecular weight is 348 g/mol. The molecule has 0 bridgehead atoms. The first kappa shape index (κ1) is 16.0. The summed E-state index contributed by atoms with van der Waals surface area (Å²) in [5, 5.41) is 0. The third-order valence-corrected chi connectivity index (χ3v) is 4.91. The summed E-state index contributed by atoms with van der Waals surface area (Å²) in [6.45, 7) is -0.0748. The summed E-state index contributed by atoms with van der Waals surface area (Å²) < 4.78 is 36.2. The Morgan fingerprint density at radius 3 is 3.09 bits per heavy atom. The second-order valence-electron chi connectivity index (χ2n) is 5.07. The number of hydrogen-bond donors (Lipinski definition) is 4. The van der Waals surface area contributed by atoms with Crippen LogP contribution in [0.4, 0.5) is 10.3 Å². The molecule has 4 atom stereocenters. The smallest absolute Gasteiger partial charge is 0.369 e. The third kappa shape index (κ3) is 2.86. The zero-order chi connectivity index (χ0) is 16.8. The summed E-state index contributed by atoms with van der Waals surface area (Å²) in [7, 11) is -4.25. The van der Waals surface area contributed by atoms with Gasteiger partial charge in [-0.3, -0.25) is 14.3 Å². The average Bonchev–Trinajstić information content (AvgIpc) is 3.05. The number of nitrogen functional groups attached to an aromatic ring is 1. The molecule has 1 aliphatic rings. The van der Waals surface area contributed by atoms with Crippen molar-refractivity contribution in [2.24, 2.45) is 5.90 Å². The molecule has 0 saturated carbocycles. The summed E-state index contributed by atoms with van der Waals surface area (Å²) in [6.07, 6.45) is -1.62. The number of anilines is 1. The van der Waals surface area contributed by atoms with E-state index < -0.39 is 31.3 Å². The van der Waals surface area contributed by atoms with E-state index in [0.717, 1.165) is 0 Å². The van der Waals surface area contributed by atoms with Gasteiger partial charge in [-0.1, -0.05) is 0 Å². The van der Waals surface area contributed by atoms with E-state index >= 15 is 0 Å². The van der Waals surface area contributed by atoms with Crippen molar-refractivity contribution >= 4 is 24.7 Å². The molecule has 3 rings (SSSR count). The summed E-state index contributed by atoms with van der Waals surface area (Å²) in [4.78, 5) is 31.3. The number of H-pyrrole nitrogens is 1. The fourth-order valence-corrected chi connectivity index (χ4v) is 3.33. The van der Waals surface area contributed by atoms with Crippen molar-refractivity contribution in [3.05, 3.63) is 16.7 Å². The zero-order valence-electron chi connectivity index (χ0n) is 11.6. The van der Waals surface area contributed by atoms with Crippen LogP contribution in [-0.4, -0.2) is 42.5 Å². The van der Waals surface area contributed by atoms with Gasteiger partial charge >= 0.3 is 7.60 Å². The van der Waals surface area contributed by atoms with Crippen LogP contribution in [0.5, 0.6) is 0 Å². The summed E-state index contributed by atoms with van der Waals surface area (Å²) in [6, 6.07) is 0. The monoisotopic (exact) mass is 348 g/mol. The van der Waals surface area contributed by atoms with Crippen LogP contribution < -0.4 is 17.2 Å². The maximum atomic E-state index is 14.1. The van der Waals surface area contributed by atoms with Gasteiger partial charge in [0.05, 0.1) is 12.9 Å². The number of nitrogens with one attached hydrogen (secondary N) is 1. The second kappa shape index (κ2) is 5.65. The minimum absolute atomic E-state index is 0.0438. The Balaban J connectivity index is 1.86. The molecule has 126 valence electrons. The normalized spacial score (nSPS) is 27.3. The number of nitrogens with zero attached hydrogens (tertiary/aromatic N) is 3. The molecular weight excluding hydrogens is 334 g/mol. The Morgan fingerprint density at radius 1 is 1.65 bits per heavy atom. The number of fused-ring (bicyclic) bond motifs is 1. The zero-order valence-corrected chi connectivity index (χ0v) is 12.5. The first-order valence-electron chi connectivity index (χ1n) is 6.53. The molecule has 0 radical (unpaired) electrons. The number of hydrogen-bond acceptors (Lipinski definition) is 8. The molecule has 0 spiro atoms. The molecule has 1 unspecified atom stereocenters. The molecule has 23 heavy (non-hydrogen) atoms. The predicted molar refractivity (Wildman–Crippen MR) is 75.8 cm³/mol. The van der Waals surface area contributed by atoms with E-state index in [9.17, 15) is 18.6 Å². The number of nitrogens with two attached hydrogens (primary N) is 2. The Hall–Kier alpha value is -1.85. The van der Waals surface area contributed by atoms with Crippen molar-refractivity contribution in [1.82, 2.24) is 19.5 Å². The van der Waals surface area contributed by atoms with Crippen molar-refractivity contribution < 1.29 is 23.2 Å². The molecule has 6 N–H and O–H groups in total. The van der Waals surface area contributed by atoms with Crippen molar-refractivity contribution in [1.29, 1.82) is 0 Å². The maximum absolute atomic E-state index is 14.1. The molecule has 3 heterocycles. The van der Waals surface area contributed by atoms with Gasteiger partial charge in [0.25, 0.3) is 5.56 Å². The van der Waals surface area contributed by atoms with E-state index in [2.05, 4.69) is 19.6 Å². The molecule has 1 aliphatic heterocycles. The Morgan fingerprint density at radius 2 is 2.39 bits per heavy atom. The number of aromatic nitrogens is 4. The molecule has 11 nitrogen and oxygen atoms in total. The van der Waals surface area contributed by atoms with Crippen LogP contribution in [0.1, 0.15) is 6.42 Å². The van der Waals surface area contributed by atoms with Crippen LogP contribution in [0.15, 0.2) is 11.1 Å². The lowest BCUT2D eigenvalue weighted by molar-refractivity contribution is 0.0367. The molecule has 0 amide bonds. The molecule has 0 aromatic carbocycles. The number of rotatable bonds is 4. The number of ether oxygens (including phenoxy) is 1. The van der Waals surface area contributed by atoms with E-state index in [1.165, 1.54) is 10.9 Å². The van der Waals surface area contributed by atoms with Crippen LogP contribution in [0.2, 0.25) is 0 Å². The van der Waals surface area contributed by atoms with Crippen LogP contribution >= 0.6 is 7.60 Å². The SMILES string of the molecule is NOP(=O)(O)[C@H]1C[C@@H](F)[C@@H](Cn2cnc3c(=O)[nH]c(N)nc32)O1. The van der Waals surface area contributed by atoms with Gasteiger partial charge in [0.1, 0.15) is 12.3 Å². The first-order valence-corrected chi connectivity index (χ1v) is 8.17. The van der Waals surface area contributed by atoms with Gasteiger partial charge in [0.15, 0.2) is 17.0 Å². The lowest BCUT2D eigenvalue weighted by Crippen LogP contribution is -2.24. The van der Waals surface area contributed by atoms with E-state index in [1.54, 1.807) is 0 Å². The standard InChI is InChI=1S/C10H14FN6O5P/c11-4-1-6(23(19,20)22-13)21-5(4)2-17-3-14-7-8(17)15-10(12)16-9(7)18/h3-6H,1-2,13H2,(H,19,20)(H3,12,15,16,18)/t4-,5-,6+/m1/s1. The second-order valence-corrected chi connectivity index (χ2v) is 6.99. The Labute approximate surface area is 127 Å². The number of halogens is 1.